The first-order valence-corrected chi connectivity index (χ1v) is 18.5. The first-order valence-electron chi connectivity index (χ1n) is 18.5. The van der Waals surface area contributed by atoms with Crippen molar-refractivity contribution < 1.29 is 0 Å². The summed E-state index contributed by atoms with van der Waals surface area (Å²) in [6.45, 7) is 17.9. The Labute approximate surface area is 298 Å². The van der Waals surface area contributed by atoms with Gasteiger partial charge in [-0.2, -0.15) is 0 Å². The zero-order valence-electron chi connectivity index (χ0n) is 31.0. The molecule has 2 heteroatoms. The fourth-order valence-electron chi connectivity index (χ4n) is 7.36. The molecule has 50 heavy (non-hydrogen) atoms. The fraction of sp³-hybridized carbons (Fsp3) is 0.250. The van der Waals surface area contributed by atoms with Gasteiger partial charge in [0, 0.05) is 32.9 Å². The molecule has 2 nitrogen and oxygen atoms in total. The molecule has 0 amide bonds. The SMILES string of the molecule is CC.CCC(C)(C)c1ccc2c(c1)c1ccccc1n2-c1ccc(-c2ccc(-n3c4ccccc4c4cc(C(C)(C)CC)ccc43)cc2)cc1. The standard InChI is InChI=1S/C46H44N2.C2H6/c1-7-45(3,4)33-21-27-43-39(29-33)37-13-9-11-15-41(37)47(43)35-23-17-31(18-24-35)32-19-25-36(26-20-32)48-42-16-12-10-14-38(42)40-30-34(22-28-44(40)48)46(5,6)8-2;1-2/h9-30H,7-8H2,1-6H3;1-2H3. The molecule has 0 bridgehead atoms. The summed E-state index contributed by atoms with van der Waals surface area (Å²) in [5, 5.41) is 5.24. The summed E-state index contributed by atoms with van der Waals surface area (Å²) in [4.78, 5) is 0. The second-order valence-corrected chi connectivity index (χ2v) is 14.7. The molecule has 0 aliphatic heterocycles. The highest BCUT2D eigenvalue weighted by atomic mass is 15.0. The van der Waals surface area contributed by atoms with Gasteiger partial charge in [-0.3, -0.25) is 0 Å². The van der Waals surface area contributed by atoms with Gasteiger partial charge < -0.3 is 9.13 Å². The molecule has 8 rings (SSSR count). The van der Waals surface area contributed by atoms with Crippen LogP contribution in [0, 0.1) is 0 Å². The van der Waals surface area contributed by atoms with Crippen LogP contribution >= 0.6 is 0 Å². The summed E-state index contributed by atoms with van der Waals surface area (Å²) in [6, 6.07) is 49.8. The van der Waals surface area contributed by atoms with Gasteiger partial charge in [-0.15, -0.1) is 0 Å². The lowest BCUT2D eigenvalue weighted by Crippen LogP contribution is -2.15. The van der Waals surface area contributed by atoms with E-state index in [2.05, 4.69) is 184 Å². The van der Waals surface area contributed by atoms with Gasteiger partial charge in [0.05, 0.1) is 22.1 Å². The van der Waals surface area contributed by atoms with Crippen molar-refractivity contribution >= 4 is 43.6 Å². The minimum absolute atomic E-state index is 0.144. The third kappa shape index (κ3) is 5.52. The molecule has 0 atom stereocenters. The molecule has 0 aliphatic rings. The summed E-state index contributed by atoms with van der Waals surface area (Å²) < 4.78 is 4.82. The number of fused-ring (bicyclic) bond motifs is 6. The number of rotatable bonds is 7. The van der Waals surface area contributed by atoms with Crippen LogP contribution in [0.4, 0.5) is 0 Å². The molecule has 2 heterocycles. The van der Waals surface area contributed by atoms with E-state index in [-0.39, 0.29) is 10.8 Å². The molecule has 0 saturated carbocycles. The highest BCUT2D eigenvalue weighted by Gasteiger charge is 2.22. The van der Waals surface area contributed by atoms with Crippen LogP contribution in [-0.4, -0.2) is 9.13 Å². The first-order chi connectivity index (χ1) is 24.2. The normalized spacial score (nSPS) is 12.2. The van der Waals surface area contributed by atoms with Gasteiger partial charge >= 0.3 is 0 Å². The Morgan fingerprint density at radius 1 is 0.400 bits per heavy atom. The Morgan fingerprint density at radius 2 is 0.740 bits per heavy atom. The zero-order valence-corrected chi connectivity index (χ0v) is 31.0. The van der Waals surface area contributed by atoms with Crippen molar-refractivity contribution in [3.63, 3.8) is 0 Å². The molecule has 2 aromatic heterocycles. The summed E-state index contributed by atoms with van der Waals surface area (Å²) >= 11 is 0. The van der Waals surface area contributed by atoms with E-state index in [1.54, 1.807) is 0 Å². The topological polar surface area (TPSA) is 9.86 Å². The average molecular weight is 655 g/mol. The van der Waals surface area contributed by atoms with Crippen molar-refractivity contribution in [3.8, 4) is 22.5 Å². The van der Waals surface area contributed by atoms with Gasteiger partial charge in [0.2, 0.25) is 0 Å². The number of benzene rings is 6. The minimum Gasteiger partial charge on any atom is -0.309 e. The predicted octanol–water partition coefficient (Wildman–Crippen LogP) is 13.9. The molecule has 0 radical (unpaired) electrons. The number of hydrogen-bond acceptors (Lipinski definition) is 0. The van der Waals surface area contributed by atoms with E-state index in [1.165, 1.54) is 77.2 Å². The van der Waals surface area contributed by atoms with Gasteiger partial charge in [0.25, 0.3) is 0 Å². The molecule has 0 N–H and O–H groups in total. The largest absolute Gasteiger partial charge is 0.309 e. The van der Waals surface area contributed by atoms with Crippen LogP contribution in [0.2, 0.25) is 0 Å². The summed E-state index contributed by atoms with van der Waals surface area (Å²) in [7, 11) is 0. The molecule has 0 saturated heterocycles. The molecule has 252 valence electrons. The monoisotopic (exact) mass is 654 g/mol. The first kappa shape index (κ1) is 33.4. The number of aromatic nitrogens is 2. The maximum absolute atomic E-state index is 2.41. The Kier molecular flexibility index (Phi) is 8.68. The zero-order chi connectivity index (χ0) is 35.2. The Balaban J connectivity index is 0.00000193. The van der Waals surface area contributed by atoms with Crippen molar-refractivity contribution in [1.29, 1.82) is 0 Å². The molecular weight excluding hydrogens is 605 g/mol. The van der Waals surface area contributed by atoms with Gasteiger partial charge in [-0.1, -0.05) is 128 Å². The highest BCUT2D eigenvalue weighted by Crippen LogP contribution is 2.38. The maximum atomic E-state index is 2.41. The third-order valence-corrected chi connectivity index (χ3v) is 11.3. The molecule has 6 aromatic carbocycles. The smallest absolute Gasteiger partial charge is 0.0541 e. The fourth-order valence-corrected chi connectivity index (χ4v) is 7.36. The number of nitrogens with zero attached hydrogens (tertiary/aromatic N) is 2. The lowest BCUT2D eigenvalue weighted by molar-refractivity contribution is 0.507. The second kappa shape index (κ2) is 13.0. The van der Waals surface area contributed by atoms with Crippen molar-refractivity contribution in [2.45, 2.75) is 79.1 Å². The van der Waals surface area contributed by atoms with Gasteiger partial charge in [0.15, 0.2) is 0 Å². The van der Waals surface area contributed by atoms with Crippen molar-refractivity contribution in [2.24, 2.45) is 0 Å². The Bertz CT molecular complexity index is 2270. The quantitative estimate of drug-likeness (QED) is 0.162. The number of hydrogen-bond donors (Lipinski definition) is 0. The van der Waals surface area contributed by atoms with Crippen LogP contribution in [0.1, 0.15) is 79.4 Å². The van der Waals surface area contributed by atoms with Crippen molar-refractivity contribution in [3.05, 3.63) is 145 Å². The molecule has 0 unspecified atom stereocenters. The van der Waals surface area contributed by atoms with Crippen LogP contribution in [0.15, 0.2) is 133 Å². The molecule has 8 aromatic rings. The number of para-hydroxylation sites is 2. The van der Waals surface area contributed by atoms with Crippen LogP contribution in [-0.2, 0) is 10.8 Å². The Hall–Kier alpha value is -5.08. The van der Waals surface area contributed by atoms with Crippen molar-refractivity contribution in [1.82, 2.24) is 9.13 Å². The van der Waals surface area contributed by atoms with Crippen LogP contribution < -0.4 is 0 Å². The van der Waals surface area contributed by atoms with Crippen LogP contribution in [0.3, 0.4) is 0 Å². The lowest BCUT2D eigenvalue weighted by atomic mass is 9.82. The van der Waals surface area contributed by atoms with E-state index in [0.717, 1.165) is 12.8 Å². The summed E-state index contributed by atoms with van der Waals surface area (Å²) in [5.74, 6) is 0. The van der Waals surface area contributed by atoms with E-state index in [9.17, 15) is 0 Å². The average Bonchev–Trinajstić information content (AvgIpc) is 3.68. The maximum Gasteiger partial charge on any atom is 0.0541 e. The molecular formula is C48H50N2. The van der Waals surface area contributed by atoms with Gasteiger partial charge in [-0.05, 0) is 107 Å². The van der Waals surface area contributed by atoms with Crippen LogP contribution in [0.25, 0.3) is 66.1 Å². The Morgan fingerprint density at radius 3 is 1.10 bits per heavy atom. The van der Waals surface area contributed by atoms with Gasteiger partial charge in [-0.25, -0.2) is 0 Å². The molecule has 0 aliphatic carbocycles. The van der Waals surface area contributed by atoms with E-state index in [1.807, 2.05) is 13.8 Å². The second-order valence-electron chi connectivity index (χ2n) is 14.7. The lowest BCUT2D eigenvalue weighted by Gasteiger charge is -2.23. The summed E-state index contributed by atoms with van der Waals surface area (Å²) in [6.07, 6.45) is 2.22. The van der Waals surface area contributed by atoms with Crippen LogP contribution in [0.5, 0.6) is 0 Å². The third-order valence-electron chi connectivity index (χ3n) is 11.3. The highest BCUT2D eigenvalue weighted by molar-refractivity contribution is 6.10. The van der Waals surface area contributed by atoms with E-state index in [4.69, 9.17) is 0 Å². The van der Waals surface area contributed by atoms with E-state index >= 15 is 0 Å². The predicted molar refractivity (Wildman–Crippen MR) is 219 cm³/mol. The minimum atomic E-state index is 0.144. The van der Waals surface area contributed by atoms with E-state index < -0.39 is 0 Å². The summed E-state index contributed by atoms with van der Waals surface area (Å²) in [5.41, 5.74) is 12.9. The van der Waals surface area contributed by atoms with Gasteiger partial charge in [0.1, 0.15) is 0 Å². The molecule has 0 fully saturated rings. The van der Waals surface area contributed by atoms with E-state index in [0.29, 0.717) is 0 Å². The van der Waals surface area contributed by atoms with Crippen molar-refractivity contribution in [2.75, 3.05) is 0 Å². The molecule has 0 spiro atoms.